The van der Waals surface area contributed by atoms with Gasteiger partial charge in [0.2, 0.25) is 0 Å². The quantitative estimate of drug-likeness (QED) is 0.694. The van der Waals surface area contributed by atoms with Crippen LogP contribution in [0.25, 0.3) is 11.0 Å². The summed E-state index contributed by atoms with van der Waals surface area (Å²) in [4.78, 5) is 13.3. The molecule has 20 heavy (non-hydrogen) atoms. The average Bonchev–Trinajstić information content (AvgIpc) is 2.79. The predicted octanol–water partition coefficient (Wildman–Crippen LogP) is 3.23. The van der Waals surface area contributed by atoms with E-state index in [2.05, 4.69) is 38.6 Å². The summed E-state index contributed by atoms with van der Waals surface area (Å²) >= 11 is 6.02. The maximum Gasteiger partial charge on any atom is 0.125 e. The van der Waals surface area contributed by atoms with Crippen molar-refractivity contribution in [3.63, 3.8) is 0 Å². The lowest BCUT2D eigenvalue weighted by atomic mass is 10.2. The van der Waals surface area contributed by atoms with Gasteiger partial charge in [0.25, 0.3) is 0 Å². The average molecular weight is 287 g/mol. The fourth-order valence-corrected chi connectivity index (χ4v) is 2.43. The first kappa shape index (κ1) is 13.1. The minimum Gasteiger partial charge on any atom is -0.321 e. The van der Waals surface area contributed by atoms with E-state index in [0.717, 1.165) is 28.2 Å². The summed E-state index contributed by atoms with van der Waals surface area (Å²) in [6.07, 6.45) is 3.58. The Morgan fingerprint density at radius 2 is 2.00 bits per heavy atom. The Kier molecular flexibility index (Phi) is 3.40. The Balaban J connectivity index is 2.08. The molecule has 0 aliphatic rings. The minimum absolute atomic E-state index is 0.382. The van der Waals surface area contributed by atoms with E-state index in [1.807, 2.05) is 13.0 Å². The van der Waals surface area contributed by atoms with E-state index < -0.39 is 0 Å². The molecule has 0 bridgehead atoms. The second kappa shape index (κ2) is 5.21. The van der Waals surface area contributed by atoms with Gasteiger partial charge in [-0.25, -0.2) is 4.98 Å². The first-order valence-corrected chi connectivity index (χ1v) is 7.00. The van der Waals surface area contributed by atoms with Gasteiger partial charge in [0.15, 0.2) is 0 Å². The highest BCUT2D eigenvalue weighted by molar-refractivity contribution is 6.16. The highest BCUT2D eigenvalue weighted by Gasteiger charge is 2.11. The van der Waals surface area contributed by atoms with Gasteiger partial charge in [-0.1, -0.05) is 6.07 Å². The summed E-state index contributed by atoms with van der Waals surface area (Å²) in [6.45, 7) is 4.63. The van der Waals surface area contributed by atoms with Crippen LogP contribution in [0.15, 0.2) is 30.6 Å². The minimum atomic E-state index is 0.382. The molecule has 0 spiro atoms. The molecule has 1 aromatic carbocycles. The van der Waals surface area contributed by atoms with Crippen molar-refractivity contribution < 1.29 is 0 Å². The molecule has 0 amide bonds. The molecule has 0 atom stereocenters. The predicted molar refractivity (Wildman–Crippen MR) is 79.9 cm³/mol. The molecule has 2 aromatic heterocycles. The first-order valence-electron chi connectivity index (χ1n) is 6.46. The van der Waals surface area contributed by atoms with Crippen LogP contribution in [0.5, 0.6) is 0 Å². The van der Waals surface area contributed by atoms with E-state index in [-0.39, 0.29) is 0 Å². The summed E-state index contributed by atoms with van der Waals surface area (Å²) in [5.41, 5.74) is 5.07. The monoisotopic (exact) mass is 286 g/mol. The van der Waals surface area contributed by atoms with Gasteiger partial charge in [0, 0.05) is 6.20 Å². The van der Waals surface area contributed by atoms with Gasteiger partial charge >= 0.3 is 0 Å². The van der Waals surface area contributed by atoms with E-state index in [0.29, 0.717) is 12.4 Å². The Morgan fingerprint density at radius 3 is 2.70 bits per heavy atom. The van der Waals surface area contributed by atoms with Crippen molar-refractivity contribution in [3.8, 4) is 0 Å². The topological polar surface area (TPSA) is 43.6 Å². The highest BCUT2D eigenvalue weighted by atomic mass is 35.5. The zero-order valence-electron chi connectivity index (χ0n) is 11.5. The van der Waals surface area contributed by atoms with Crippen molar-refractivity contribution >= 4 is 22.6 Å². The van der Waals surface area contributed by atoms with Gasteiger partial charge in [0.1, 0.15) is 5.82 Å². The Bertz CT molecular complexity index is 746. The van der Waals surface area contributed by atoms with Gasteiger partial charge < -0.3 is 4.57 Å². The molecular weight excluding hydrogens is 272 g/mol. The van der Waals surface area contributed by atoms with Crippen LogP contribution in [0, 0.1) is 13.8 Å². The molecule has 0 saturated carbocycles. The fraction of sp³-hybridized carbons (Fsp3) is 0.267. The molecule has 3 rings (SSSR count). The maximum atomic E-state index is 6.02. The second-order valence-corrected chi connectivity index (χ2v) is 5.16. The van der Waals surface area contributed by atoms with Crippen molar-refractivity contribution in [2.75, 3.05) is 0 Å². The van der Waals surface area contributed by atoms with Crippen molar-refractivity contribution in [1.82, 2.24) is 19.5 Å². The zero-order valence-corrected chi connectivity index (χ0v) is 12.2. The molecule has 102 valence electrons. The van der Waals surface area contributed by atoms with Crippen LogP contribution in [-0.2, 0) is 12.4 Å². The third kappa shape index (κ3) is 2.39. The van der Waals surface area contributed by atoms with E-state index in [1.54, 1.807) is 12.4 Å². The maximum absolute atomic E-state index is 6.02. The molecule has 0 aliphatic carbocycles. The molecule has 0 radical (unpaired) electrons. The number of hydrogen-bond acceptors (Lipinski definition) is 3. The van der Waals surface area contributed by atoms with E-state index in [4.69, 9.17) is 11.6 Å². The van der Waals surface area contributed by atoms with Crippen molar-refractivity contribution in [3.05, 3.63) is 53.4 Å². The molecule has 0 aliphatic heterocycles. The van der Waals surface area contributed by atoms with Crippen molar-refractivity contribution in [2.24, 2.45) is 0 Å². The molecule has 2 heterocycles. The van der Waals surface area contributed by atoms with Gasteiger partial charge in [-0.3, -0.25) is 9.97 Å². The number of fused-ring (bicyclic) bond motifs is 1. The molecule has 5 heteroatoms. The van der Waals surface area contributed by atoms with Crippen LogP contribution in [0.2, 0.25) is 0 Å². The first-order chi connectivity index (χ1) is 9.67. The largest absolute Gasteiger partial charge is 0.321 e. The van der Waals surface area contributed by atoms with Gasteiger partial charge in [-0.15, -0.1) is 11.6 Å². The van der Waals surface area contributed by atoms with E-state index in [9.17, 15) is 0 Å². The van der Waals surface area contributed by atoms with Crippen LogP contribution in [0.4, 0.5) is 0 Å². The number of imidazole rings is 1. The summed E-state index contributed by atoms with van der Waals surface area (Å²) in [7, 11) is 0. The fourth-order valence-electron chi connectivity index (χ4n) is 2.22. The molecule has 0 fully saturated rings. The lowest BCUT2D eigenvalue weighted by Gasteiger charge is -2.07. The number of halogens is 1. The molecule has 4 nitrogen and oxygen atoms in total. The smallest absolute Gasteiger partial charge is 0.125 e. The Hall–Kier alpha value is -1.94. The third-order valence-corrected chi connectivity index (χ3v) is 3.50. The summed E-state index contributed by atoms with van der Waals surface area (Å²) < 4.78 is 2.11. The van der Waals surface area contributed by atoms with Gasteiger partial charge in [0.05, 0.1) is 41.0 Å². The number of benzene rings is 1. The summed E-state index contributed by atoms with van der Waals surface area (Å²) in [6, 6.07) is 6.21. The SMILES string of the molecule is Cc1ccc2nc(CCl)n(Cc3cnc(C)cn3)c2c1. The Labute approximate surface area is 122 Å². The lowest BCUT2D eigenvalue weighted by molar-refractivity contribution is 0.751. The second-order valence-electron chi connectivity index (χ2n) is 4.89. The zero-order chi connectivity index (χ0) is 14.1. The van der Waals surface area contributed by atoms with Crippen LogP contribution < -0.4 is 0 Å². The van der Waals surface area contributed by atoms with Gasteiger partial charge in [-0.2, -0.15) is 0 Å². The molecule has 3 aromatic rings. The van der Waals surface area contributed by atoms with Gasteiger partial charge in [-0.05, 0) is 31.5 Å². The molecule has 0 N–H and O–H groups in total. The number of alkyl halides is 1. The molecular formula is C15H15ClN4. The standard InChI is InChI=1S/C15H15ClN4/c1-10-3-4-13-14(5-10)20(15(6-16)19-13)9-12-8-17-11(2)7-18-12/h3-5,7-8H,6,9H2,1-2H3. The number of rotatable bonds is 3. The third-order valence-electron chi connectivity index (χ3n) is 3.26. The van der Waals surface area contributed by atoms with E-state index >= 15 is 0 Å². The number of aromatic nitrogens is 4. The summed E-state index contributed by atoms with van der Waals surface area (Å²) in [5.74, 6) is 1.24. The molecule has 0 unspecified atom stereocenters. The normalized spacial score (nSPS) is 11.2. The molecule has 0 saturated heterocycles. The van der Waals surface area contributed by atoms with Crippen LogP contribution in [0.1, 0.15) is 22.8 Å². The van der Waals surface area contributed by atoms with E-state index in [1.165, 1.54) is 5.56 Å². The van der Waals surface area contributed by atoms with Crippen molar-refractivity contribution in [1.29, 1.82) is 0 Å². The van der Waals surface area contributed by atoms with Crippen LogP contribution >= 0.6 is 11.6 Å². The Morgan fingerprint density at radius 1 is 1.15 bits per heavy atom. The number of nitrogens with zero attached hydrogens (tertiary/aromatic N) is 4. The number of aryl methyl sites for hydroxylation is 2. The van der Waals surface area contributed by atoms with Crippen LogP contribution in [0.3, 0.4) is 0 Å². The summed E-state index contributed by atoms with van der Waals surface area (Å²) in [5, 5.41) is 0. The highest BCUT2D eigenvalue weighted by Crippen LogP contribution is 2.20. The van der Waals surface area contributed by atoms with Crippen molar-refractivity contribution in [2.45, 2.75) is 26.3 Å². The lowest BCUT2D eigenvalue weighted by Crippen LogP contribution is -2.06. The van der Waals surface area contributed by atoms with Crippen LogP contribution in [-0.4, -0.2) is 19.5 Å². The number of hydrogen-bond donors (Lipinski definition) is 0.